The van der Waals surface area contributed by atoms with Crippen LogP contribution in [0.15, 0.2) is 36.5 Å². The molecule has 0 spiro atoms. The van der Waals surface area contributed by atoms with Gasteiger partial charge in [0.15, 0.2) is 0 Å². The second kappa shape index (κ2) is 4.54. The maximum absolute atomic E-state index is 8.62. The van der Waals surface area contributed by atoms with E-state index in [1.54, 1.807) is 24.3 Å². The zero-order valence-corrected chi connectivity index (χ0v) is 9.34. The lowest BCUT2D eigenvalue weighted by molar-refractivity contribution is 0.480. The van der Waals surface area contributed by atoms with Crippen LogP contribution in [0.1, 0.15) is 11.3 Å². The van der Waals surface area contributed by atoms with Crippen LogP contribution >= 0.6 is 0 Å². The summed E-state index contributed by atoms with van der Waals surface area (Å²) in [4.78, 5) is 3.92. The lowest BCUT2D eigenvalue weighted by Crippen LogP contribution is -1.91. The monoisotopic (exact) mass is 225 g/mol. The molecular weight excluding hydrogens is 214 g/mol. The number of hydrogen-bond acceptors (Lipinski definition) is 4. The Kier molecular flexibility index (Phi) is 2.93. The number of nitriles is 1. The van der Waals surface area contributed by atoms with Gasteiger partial charge < -0.3 is 10.5 Å². The molecule has 1 aromatic heterocycles. The van der Waals surface area contributed by atoms with E-state index in [2.05, 4.69) is 4.98 Å². The predicted octanol–water partition coefficient (Wildman–Crippen LogP) is 2.64. The fourth-order valence-corrected chi connectivity index (χ4v) is 1.35. The van der Waals surface area contributed by atoms with Crippen LogP contribution in [0.4, 0.5) is 5.69 Å². The average molecular weight is 225 g/mol. The molecule has 0 aliphatic heterocycles. The molecule has 2 N–H and O–H groups in total. The summed E-state index contributed by atoms with van der Waals surface area (Å²) >= 11 is 0. The van der Waals surface area contributed by atoms with Gasteiger partial charge in [0.25, 0.3) is 0 Å². The molecule has 17 heavy (non-hydrogen) atoms. The first-order valence-corrected chi connectivity index (χ1v) is 5.09. The second-order valence-corrected chi connectivity index (χ2v) is 3.61. The number of nitrogens with two attached hydrogens (primary N) is 1. The summed E-state index contributed by atoms with van der Waals surface area (Å²) in [6, 6.07) is 10.7. The van der Waals surface area contributed by atoms with E-state index < -0.39 is 0 Å². The van der Waals surface area contributed by atoms with Gasteiger partial charge in [-0.1, -0.05) is 0 Å². The summed E-state index contributed by atoms with van der Waals surface area (Å²) in [6.45, 7) is 1.92. The third-order valence-corrected chi connectivity index (χ3v) is 2.33. The van der Waals surface area contributed by atoms with Crippen LogP contribution in [-0.4, -0.2) is 4.98 Å². The number of aryl methyl sites for hydroxylation is 1. The van der Waals surface area contributed by atoms with Crippen molar-refractivity contribution in [2.45, 2.75) is 6.92 Å². The van der Waals surface area contributed by atoms with Crippen LogP contribution in [0.5, 0.6) is 11.5 Å². The predicted molar refractivity (Wildman–Crippen MR) is 64.6 cm³/mol. The van der Waals surface area contributed by atoms with Crippen molar-refractivity contribution in [2.24, 2.45) is 0 Å². The molecule has 0 radical (unpaired) electrons. The number of rotatable bonds is 2. The Morgan fingerprint density at radius 2 is 2.00 bits per heavy atom. The summed E-state index contributed by atoms with van der Waals surface area (Å²) in [5.74, 6) is 1.29. The molecule has 2 rings (SSSR count). The van der Waals surface area contributed by atoms with Crippen molar-refractivity contribution < 1.29 is 4.74 Å². The molecule has 1 heterocycles. The van der Waals surface area contributed by atoms with Crippen LogP contribution in [0.2, 0.25) is 0 Å². The fourth-order valence-electron chi connectivity index (χ4n) is 1.35. The first kappa shape index (κ1) is 11.0. The van der Waals surface area contributed by atoms with E-state index in [-0.39, 0.29) is 0 Å². The SMILES string of the molecule is Cc1cc(Oc2ccc(C#N)nc2)ccc1N. The number of benzene rings is 1. The van der Waals surface area contributed by atoms with Gasteiger partial charge in [0, 0.05) is 5.69 Å². The van der Waals surface area contributed by atoms with Crippen molar-refractivity contribution in [3.05, 3.63) is 47.8 Å². The number of aromatic nitrogens is 1. The first-order valence-electron chi connectivity index (χ1n) is 5.09. The third kappa shape index (κ3) is 2.52. The lowest BCUT2D eigenvalue weighted by Gasteiger charge is -2.07. The summed E-state index contributed by atoms with van der Waals surface area (Å²) in [5.41, 5.74) is 7.78. The molecule has 84 valence electrons. The fraction of sp³-hybridized carbons (Fsp3) is 0.0769. The smallest absolute Gasteiger partial charge is 0.145 e. The standard InChI is InChI=1S/C13H11N3O/c1-9-6-11(4-5-13(9)15)17-12-3-2-10(7-14)16-8-12/h2-6,8H,15H2,1H3. The van der Waals surface area contributed by atoms with E-state index in [0.717, 1.165) is 11.3 Å². The highest BCUT2D eigenvalue weighted by Gasteiger charge is 2.00. The minimum atomic E-state index is 0.367. The minimum Gasteiger partial charge on any atom is -0.456 e. The van der Waals surface area contributed by atoms with E-state index in [0.29, 0.717) is 17.2 Å². The van der Waals surface area contributed by atoms with E-state index in [4.69, 9.17) is 15.7 Å². The van der Waals surface area contributed by atoms with Gasteiger partial charge in [-0.3, -0.25) is 0 Å². The maximum Gasteiger partial charge on any atom is 0.145 e. The van der Waals surface area contributed by atoms with Crippen molar-refractivity contribution in [3.8, 4) is 17.6 Å². The Labute approximate surface area is 99.3 Å². The molecular formula is C13H11N3O. The Bertz CT molecular complexity index is 570. The Morgan fingerprint density at radius 1 is 1.24 bits per heavy atom. The highest BCUT2D eigenvalue weighted by molar-refractivity contribution is 5.50. The van der Waals surface area contributed by atoms with Crippen molar-refractivity contribution in [1.82, 2.24) is 4.98 Å². The minimum absolute atomic E-state index is 0.367. The zero-order valence-electron chi connectivity index (χ0n) is 9.34. The summed E-state index contributed by atoms with van der Waals surface area (Å²) < 4.78 is 5.59. The van der Waals surface area contributed by atoms with Gasteiger partial charge >= 0.3 is 0 Å². The molecule has 0 saturated heterocycles. The molecule has 0 bridgehead atoms. The summed E-state index contributed by atoms with van der Waals surface area (Å²) in [6.07, 6.45) is 1.52. The summed E-state index contributed by atoms with van der Waals surface area (Å²) in [7, 11) is 0. The molecule has 0 amide bonds. The van der Waals surface area contributed by atoms with Gasteiger partial charge in [-0.2, -0.15) is 5.26 Å². The highest BCUT2D eigenvalue weighted by Crippen LogP contribution is 2.24. The molecule has 4 nitrogen and oxygen atoms in total. The molecule has 4 heteroatoms. The Morgan fingerprint density at radius 3 is 2.59 bits per heavy atom. The number of nitrogens with zero attached hydrogens (tertiary/aromatic N) is 2. The van der Waals surface area contributed by atoms with Crippen molar-refractivity contribution in [2.75, 3.05) is 5.73 Å². The van der Waals surface area contributed by atoms with E-state index in [1.165, 1.54) is 6.20 Å². The van der Waals surface area contributed by atoms with E-state index in [9.17, 15) is 0 Å². The van der Waals surface area contributed by atoms with Gasteiger partial charge in [-0.15, -0.1) is 0 Å². The van der Waals surface area contributed by atoms with Crippen LogP contribution in [-0.2, 0) is 0 Å². The maximum atomic E-state index is 8.62. The van der Waals surface area contributed by atoms with Crippen LogP contribution < -0.4 is 10.5 Å². The number of pyridine rings is 1. The van der Waals surface area contributed by atoms with Crippen LogP contribution in [0.3, 0.4) is 0 Å². The average Bonchev–Trinajstić information content (AvgIpc) is 2.35. The van der Waals surface area contributed by atoms with Gasteiger partial charge in [-0.05, 0) is 42.8 Å². The number of ether oxygens (including phenoxy) is 1. The highest BCUT2D eigenvalue weighted by atomic mass is 16.5. The molecule has 0 aliphatic carbocycles. The van der Waals surface area contributed by atoms with Gasteiger partial charge in [0.1, 0.15) is 23.3 Å². The van der Waals surface area contributed by atoms with E-state index in [1.807, 2.05) is 19.1 Å². The molecule has 2 aromatic rings. The lowest BCUT2D eigenvalue weighted by atomic mass is 10.2. The molecule has 1 aromatic carbocycles. The van der Waals surface area contributed by atoms with E-state index >= 15 is 0 Å². The summed E-state index contributed by atoms with van der Waals surface area (Å²) in [5, 5.41) is 8.62. The van der Waals surface area contributed by atoms with Gasteiger partial charge in [0.05, 0.1) is 6.20 Å². The third-order valence-electron chi connectivity index (χ3n) is 2.33. The first-order chi connectivity index (χ1) is 8.19. The molecule has 0 aliphatic rings. The molecule has 0 fully saturated rings. The second-order valence-electron chi connectivity index (χ2n) is 3.61. The van der Waals surface area contributed by atoms with Gasteiger partial charge in [0.2, 0.25) is 0 Å². The normalized spacial score (nSPS) is 9.65. The Hall–Kier alpha value is -2.54. The quantitative estimate of drug-likeness (QED) is 0.797. The largest absolute Gasteiger partial charge is 0.456 e. The number of hydrogen-bond donors (Lipinski definition) is 1. The molecule has 0 saturated carbocycles. The Balaban J connectivity index is 2.20. The zero-order chi connectivity index (χ0) is 12.3. The number of nitrogen functional groups attached to an aromatic ring is 1. The van der Waals surface area contributed by atoms with Crippen LogP contribution in [0.25, 0.3) is 0 Å². The topological polar surface area (TPSA) is 71.9 Å². The van der Waals surface area contributed by atoms with Gasteiger partial charge in [-0.25, -0.2) is 4.98 Å². The molecule has 0 unspecified atom stereocenters. The van der Waals surface area contributed by atoms with Crippen molar-refractivity contribution in [1.29, 1.82) is 5.26 Å². The van der Waals surface area contributed by atoms with Crippen molar-refractivity contribution >= 4 is 5.69 Å². The number of anilines is 1. The van der Waals surface area contributed by atoms with Crippen LogP contribution in [0, 0.1) is 18.3 Å². The van der Waals surface area contributed by atoms with Crippen molar-refractivity contribution in [3.63, 3.8) is 0 Å². The molecule has 0 atom stereocenters.